The van der Waals surface area contributed by atoms with Crippen LogP contribution in [0, 0.1) is 6.92 Å². The Labute approximate surface area is 114 Å². The van der Waals surface area contributed by atoms with Gasteiger partial charge in [0.2, 0.25) is 0 Å². The van der Waals surface area contributed by atoms with Gasteiger partial charge in [0.1, 0.15) is 5.69 Å². The number of hydrogen-bond acceptors (Lipinski definition) is 3. The molecule has 1 heterocycles. The van der Waals surface area contributed by atoms with Crippen LogP contribution < -0.4 is 11.1 Å². The van der Waals surface area contributed by atoms with Crippen molar-refractivity contribution in [1.82, 2.24) is 15.1 Å². The second-order valence-electron chi connectivity index (χ2n) is 4.88. The van der Waals surface area contributed by atoms with E-state index in [1.54, 1.807) is 4.68 Å². The van der Waals surface area contributed by atoms with Crippen molar-refractivity contribution >= 4 is 18.3 Å². The SMILES string of the molecule is Cc1cc(C(=O)NC2CCC(N)CC2)nn1C.Cl. The van der Waals surface area contributed by atoms with Crippen molar-refractivity contribution in [3.63, 3.8) is 0 Å². The average Bonchev–Trinajstić information content (AvgIpc) is 2.63. The predicted octanol–water partition coefficient (Wildman–Crippen LogP) is 1.15. The van der Waals surface area contributed by atoms with Crippen LogP contribution in [0.3, 0.4) is 0 Å². The van der Waals surface area contributed by atoms with Crippen molar-refractivity contribution in [2.24, 2.45) is 12.8 Å². The van der Waals surface area contributed by atoms with Gasteiger partial charge in [0.25, 0.3) is 5.91 Å². The topological polar surface area (TPSA) is 72.9 Å². The number of carbonyl (C=O) groups excluding carboxylic acids is 1. The Morgan fingerprint density at radius 1 is 1.44 bits per heavy atom. The quantitative estimate of drug-likeness (QED) is 0.848. The zero-order valence-corrected chi connectivity index (χ0v) is 11.7. The molecule has 3 N–H and O–H groups in total. The van der Waals surface area contributed by atoms with Gasteiger partial charge in [-0.05, 0) is 38.7 Å². The van der Waals surface area contributed by atoms with Crippen molar-refractivity contribution in [3.05, 3.63) is 17.5 Å². The van der Waals surface area contributed by atoms with E-state index in [-0.39, 0.29) is 24.4 Å². The lowest BCUT2D eigenvalue weighted by Gasteiger charge is -2.26. The number of rotatable bonds is 2. The van der Waals surface area contributed by atoms with Crippen molar-refractivity contribution in [1.29, 1.82) is 0 Å². The fourth-order valence-corrected chi connectivity index (χ4v) is 2.19. The van der Waals surface area contributed by atoms with Crippen LogP contribution in [0.15, 0.2) is 6.07 Å². The molecule has 5 nitrogen and oxygen atoms in total. The van der Waals surface area contributed by atoms with Crippen molar-refractivity contribution in [2.45, 2.75) is 44.7 Å². The molecular weight excluding hydrogens is 252 g/mol. The standard InChI is InChI=1S/C12H20N4O.ClH/c1-8-7-11(15-16(8)2)12(17)14-10-5-3-9(13)4-6-10;/h7,9-10H,3-6,13H2,1-2H3,(H,14,17);1H. The Bertz CT molecular complexity index is 391. The van der Waals surface area contributed by atoms with Crippen LogP contribution in [0.25, 0.3) is 0 Å². The number of carbonyl (C=O) groups is 1. The van der Waals surface area contributed by atoms with Crippen LogP contribution in [0.5, 0.6) is 0 Å². The molecule has 1 saturated carbocycles. The van der Waals surface area contributed by atoms with Crippen molar-refractivity contribution < 1.29 is 4.79 Å². The third kappa shape index (κ3) is 3.46. The van der Waals surface area contributed by atoms with Gasteiger partial charge >= 0.3 is 0 Å². The van der Waals surface area contributed by atoms with Gasteiger partial charge in [-0.15, -0.1) is 12.4 Å². The minimum atomic E-state index is -0.0748. The molecule has 0 bridgehead atoms. The summed E-state index contributed by atoms with van der Waals surface area (Å²) in [5.74, 6) is -0.0748. The molecular formula is C12H21ClN4O. The molecule has 6 heteroatoms. The fraction of sp³-hybridized carbons (Fsp3) is 0.667. The van der Waals surface area contributed by atoms with Crippen LogP contribution in [-0.2, 0) is 7.05 Å². The molecule has 0 aromatic carbocycles. The Kier molecular flexibility index (Phi) is 5.16. The highest BCUT2D eigenvalue weighted by atomic mass is 35.5. The number of amides is 1. The number of nitrogens with zero attached hydrogens (tertiary/aromatic N) is 2. The summed E-state index contributed by atoms with van der Waals surface area (Å²) in [6.07, 6.45) is 3.93. The molecule has 2 rings (SSSR count). The number of aromatic nitrogens is 2. The van der Waals surface area contributed by atoms with E-state index in [1.807, 2.05) is 20.0 Å². The highest BCUT2D eigenvalue weighted by Gasteiger charge is 2.21. The van der Waals surface area contributed by atoms with Gasteiger partial charge in [0.15, 0.2) is 0 Å². The van der Waals surface area contributed by atoms with E-state index < -0.39 is 0 Å². The van der Waals surface area contributed by atoms with E-state index in [1.165, 1.54) is 0 Å². The molecule has 1 amide bonds. The van der Waals surface area contributed by atoms with Gasteiger partial charge in [0.05, 0.1) is 0 Å². The molecule has 0 unspecified atom stereocenters. The maximum Gasteiger partial charge on any atom is 0.272 e. The maximum absolute atomic E-state index is 11.9. The highest BCUT2D eigenvalue weighted by Crippen LogP contribution is 2.17. The summed E-state index contributed by atoms with van der Waals surface area (Å²) >= 11 is 0. The second kappa shape index (κ2) is 6.20. The van der Waals surface area contributed by atoms with Gasteiger partial charge in [-0.2, -0.15) is 5.10 Å². The molecule has 1 aromatic heterocycles. The summed E-state index contributed by atoms with van der Waals surface area (Å²) in [4.78, 5) is 11.9. The van der Waals surface area contributed by atoms with Crippen molar-refractivity contribution in [2.75, 3.05) is 0 Å². The first-order valence-electron chi connectivity index (χ1n) is 6.13. The number of nitrogens with one attached hydrogen (secondary N) is 1. The smallest absolute Gasteiger partial charge is 0.272 e. The molecule has 1 aliphatic rings. The lowest BCUT2D eigenvalue weighted by molar-refractivity contribution is 0.0920. The first-order chi connectivity index (χ1) is 8.06. The van der Waals surface area contributed by atoms with E-state index in [0.717, 1.165) is 31.4 Å². The summed E-state index contributed by atoms with van der Waals surface area (Å²) in [6, 6.07) is 2.37. The Balaban J connectivity index is 0.00000162. The molecule has 18 heavy (non-hydrogen) atoms. The monoisotopic (exact) mass is 272 g/mol. The fourth-order valence-electron chi connectivity index (χ4n) is 2.19. The van der Waals surface area contributed by atoms with E-state index >= 15 is 0 Å². The maximum atomic E-state index is 11.9. The molecule has 0 spiro atoms. The van der Waals surface area contributed by atoms with Crippen LogP contribution in [0.4, 0.5) is 0 Å². The van der Waals surface area contributed by atoms with Crippen LogP contribution in [0.2, 0.25) is 0 Å². The van der Waals surface area contributed by atoms with Gasteiger partial charge in [0, 0.05) is 24.8 Å². The predicted molar refractivity (Wildman–Crippen MR) is 72.9 cm³/mol. The van der Waals surface area contributed by atoms with E-state index in [4.69, 9.17) is 5.73 Å². The molecule has 102 valence electrons. The van der Waals surface area contributed by atoms with E-state index in [0.29, 0.717) is 11.7 Å². The minimum absolute atomic E-state index is 0. The van der Waals surface area contributed by atoms with Gasteiger partial charge in [-0.25, -0.2) is 0 Å². The summed E-state index contributed by atoms with van der Waals surface area (Å²) in [7, 11) is 1.84. The highest BCUT2D eigenvalue weighted by molar-refractivity contribution is 5.92. The molecule has 0 saturated heterocycles. The number of aryl methyl sites for hydroxylation is 2. The van der Waals surface area contributed by atoms with Crippen molar-refractivity contribution in [3.8, 4) is 0 Å². The molecule has 1 aliphatic carbocycles. The second-order valence-corrected chi connectivity index (χ2v) is 4.88. The molecule has 1 fully saturated rings. The Hall–Kier alpha value is -1.07. The molecule has 0 atom stereocenters. The number of nitrogens with two attached hydrogens (primary N) is 1. The van der Waals surface area contributed by atoms with Gasteiger partial charge in [-0.1, -0.05) is 0 Å². The van der Waals surface area contributed by atoms with Crippen LogP contribution in [-0.4, -0.2) is 27.8 Å². The first kappa shape index (κ1) is 15.0. The Morgan fingerprint density at radius 3 is 2.56 bits per heavy atom. The normalized spacial score (nSPS) is 23.3. The third-order valence-electron chi connectivity index (χ3n) is 3.45. The van der Waals surface area contributed by atoms with Crippen LogP contribution in [0.1, 0.15) is 41.9 Å². The van der Waals surface area contributed by atoms with Gasteiger partial charge < -0.3 is 11.1 Å². The molecule has 0 aliphatic heterocycles. The average molecular weight is 273 g/mol. The zero-order chi connectivity index (χ0) is 12.4. The number of hydrogen-bond donors (Lipinski definition) is 2. The zero-order valence-electron chi connectivity index (χ0n) is 10.8. The lowest BCUT2D eigenvalue weighted by atomic mass is 9.92. The van der Waals surface area contributed by atoms with Crippen LogP contribution >= 0.6 is 12.4 Å². The summed E-state index contributed by atoms with van der Waals surface area (Å²) < 4.78 is 1.71. The third-order valence-corrected chi connectivity index (χ3v) is 3.45. The summed E-state index contributed by atoms with van der Waals surface area (Å²) in [5.41, 5.74) is 7.32. The molecule has 1 aromatic rings. The molecule has 0 radical (unpaired) electrons. The Morgan fingerprint density at radius 2 is 2.06 bits per heavy atom. The van der Waals surface area contributed by atoms with E-state index in [9.17, 15) is 4.79 Å². The first-order valence-corrected chi connectivity index (χ1v) is 6.13. The lowest BCUT2D eigenvalue weighted by Crippen LogP contribution is -2.40. The van der Waals surface area contributed by atoms with Gasteiger partial charge in [-0.3, -0.25) is 9.48 Å². The largest absolute Gasteiger partial charge is 0.348 e. The summed E-state index contributed by atoms with van der Waals surface area (Å²) in [6.45, 7) is 1.93. The minimum Gasteiger partial charge on any atom is -0.348 e. The van der Waals surface area contributed by atoms with E-state index in [2.05, 4.69) is 10.4 Å². The summed E-state index contributed by atoms with van der Waals surface area (Å²) in [5, 5.41) is 7.20. The number of halogens is 1.